The van der Waals surface area contributed by atoms with E-state index in [0.717, 1.165) is 23.1 Å². The van der Waals surface area contributed by atoms with Gasteiger partial charge in [0.15, 0.2) is 0 Å². The summed E-state index contributed by atoms with van der Waals surface area (Å²) in [4.78, 5) is 4.53. The van der Waals surface area contributed by atoms with E-state index < -0.39 is 0 Å². The highest BCUT2D eigenvalue weighted by Gasteiger charge is 2.20. The quantitative estimate of drug-likeness (QED) is 0.849. The number of anilines is 1. The molecule has 0 radical (unpaired) electrons. The number of rotatable bonds is 4. The predicted molar refractivity (Wildman–Crippen MR) is 71.1 cm³/mol. The van der Waals surface area contributed by atoms with E-state index in [1.165, 1.54) is 0 Å². The molecule has 2 N–H and O–H groups in total. The predicted octanol–water partition coefficient (Wildman–Crippen LogP) is 2.81. The lowest BCUT2D eigenvalue weighted by atomic mass is 10.0. The van der Waals surface area contributed by atoms with Crippen molar-refractivity contribution in [2.45, 2.75) is 25.8 Å². The van der Waals surface area contributed by atoms with Crippen molar-refractivity contribution in [2.75, 3.05) is 11.9 Å². The van der Waals surface area contributed by atoms with E-state index in [1.807, 2.05) is 50.2 Å². The molecule has 0 aliphatic heterocycles. The number of hydrogen-bond acceptors (Lipinski definition) is 3. The van der Waals surface area contributed by atoms with Crippen LogP contribution in [0.25, 0.3) is 10.9 Å². The van der Waals surface area contributed by atoms with Crippen LogP contribution in [-0.2, 0) is 0 Å². The van der Waals surface area contributed by atoms with Crippen LogP contribution in [0, 0.1) is 0 Å². The maximum Gasteiger partial charge on any atom is 0.127 e. The summed E-state index contributed by atoms with van der Waals surface area (Å²) in [5.74, 6) is 0.808. The van der Waals surface area contributed by atoms with Crippen LogP contribution < -0.4 is 5.32 Å². The highest BCUT2D eigenvalue weighted by Crippen LogP contribution is 2.19. The van der Waals surface area contributed by atoms with Crippen molar-refractivity contribution in [2.24, 2.45) is 0 Å². The number of aliphatic hydroxyl groups excluding tert-OH is 1. The van der Waals surface area contributed by atoms with Crippen molar-refractivity contribution in [3.63, 3.8) is 0 Å². The molecule has 2 aromatic rings. The highest BCUT2D eigenvalue weighted by molar-refractivity contribution is 5.80. The van der Waals surface area contributed by atoms with E-state index in [9.17, 15) is 5.11 Å². The molecular weight excluding hydrogens is 212 g/mol. The number of benzene rings is 1. The summed E-state index contributed by atoms with van der Waals surface area (Å²) >= 11 is 0. The van der Waals surface area contributed by atoms with Gasteiger partial charge < -0.3 is 10.4 Å². The Morgan fingerprint density at radius 1 is 1.24 bits per heavy atom. The van der Waals surface area contributed by atoms with E-state index in [0.29, 0.717) is 0 Å². The van der Waals surface area contributed by atoms with Gasteiger partial charge in [0.05, 0.1) is 17.7 Å². The van der Waals surface area contributed by atoms with E-state index in [1.54, 1.807) is 0 Å². The molecule has 0 saturated carbocycles. The van der Waals surface area contributed by atoms with Crippen molar-refractivity contribution < 1.29 is 5.11 Å². The Labute approximate surface area is 102 Å². The molecule has 1 unspecified atom stereocenters. The zero-order valence-electron chi connectivity index (χ0n) is 10.3. The van der Waals surface area contributed by atoms with E-state index >= 15 is 0 Å². The van der Waals surface area contributed by atoms with Gasteiger partial charge in [-0.25, -0.2) is 4.98 Å². The number of nitrogens with zero attached hydrogens (tertiary/aromatic N) is 1. The Bertz CT molecular complexity index is 506. The number of para-hydroxylation sites is 1. The van der Waals surface area contributed by atoms with Crippen LogP contribution in [0.1, 0.15) is 20.3 Å². The summed E-state index contributed by atoms with van der Waals surface area (Å²) < 4.78 is 0. The molecule has 0 bridgehead atoms. The first-order valence-electron chi connectivity index (χ1n) is 5.92. The molecule has 0 amide bonds. The summed E-state index contributed by atoms with van der Waals surface area (Å²) in [5.41, 5.74) is 0.657. The minimum absolute atomic E-state index is 0.0952. The van der Waals surface area contributed by atoms with Crippen LogP contribution in [0.3, 0.4) is 0 Å². The molecule has 90 valence electrons. The lowest BCUT2D eigenvalue weighted by molar-refractivity contribution is 0.218. The topological polar surface area (TPSA) is 45.1 Å². The van der Waals surface area contributed by atoms with Crippen LogP contribution in [0.2, 0.25) is 0 Å². The maximum absolute atomic E-state index is 9.37. The highest BCUT2D eigenvalue weighted by atomic mass is 16.3. The van der Waals surface area contributed by atoms with Gasteiger partial charge in [0.2, 0.25) is 0 Å². The molecule has 0 fully saturated rings. The summed E-state index contributed by atoms with van der Waals surface area (Å²) in [5, 5.41) is 13.8. The normalized spacial score (nSPS) is 14.5. The molecular formula is C14H18N2O. The summed E-state index contributed by atoms with van der Waals surface area (Å²) in [7, 11) is 0. The van der Waals surface area contributed by atoms with E-state index in [4.69, 9.17) is 0 Å². The van der Waals surface area contributed by atoms with Gasteiger partial charge in [0, 0.05) is 5.39 Å². The fourth-order valence-electron chi connectivity index (χ4n) is 1.68. The molecule has 0 saturated heterocycles. The molecule has 3 nitrogen and oxygen atoms in total. The molecule has 1 aromatic heterocycles. The standard InChI is InChI=1S/C14H18N2O/c1-3-14(2,10-17)16-13-9-8-11-6-4-5-7-12(11)15-13/h4-9,17H,3,10H2,1-2H3,(H,15,16). The van der Waals surface area contributed by atoms with Crippen molar-refractivity contribution >= 4 is 16.7 Å². The van der Waals surface area contributed by atoms with Gasteiger partial charge in [-0.1, -0.05) is 25.1 Å². The van der Waals surface area contributed by atoms with Gasteiger partial charge in [-0.05, 0) is 31.5 Å². The minimum Gasteiger partial charge on any atom is -0.394 e. The smallest absolute Gasteiger partial charge is 0.127 e. The van der Waals surface area contributed by atoms with Crippen LogP contribution in [-0.4, -0.2) is 22.2 Å². The second-order valence-electron chi connectivity index (χ2n) is 4.59. The van der Waals surface area contributed by atoms with E-state index in [-0.39, 0.29) is 12.1 Å². The number of fused-ring (bicyclic) bond motifs is 1. The van der Waals surface area contributed by atoms with Gasteiger partial charge >= 0.3 is 0 Å². The second kappa shape index (κ2) is 4.72. The monoisotopic (exact) mass is 230 g/mol. The Hall–Kier alpha value is -1.61. The lowest BCUT2D eigenvalue weighted by Gasteiger charge is -2.27. The largest absolute Gasteiger partial charge is 0.394 e. The summed E-state index contributed by atoms with van der Waals surface area (Å²) in [6.45, 7) is 4.13. The van der Waals surface area contributed by atoms with Gasteiger partial charge in [-0.2, -0.15) is 0 Å². The SMILES string of the molecule is CCC(C)(CO)Nc1ccc2ccccc2n1. The van der Waals surface area contributed by atoms with Crippen molar-refractivity contribution in [3.8, 4) is 0 Å². The number of pyridine rings is 1. The molecule has 2 rings (SSSR count). The summed E-state index contributed by atoms with van der Waals surface area (Å²) in [6, 6.07) is 12.0. The first-order chi connectivity index (χ1) is 8.17. The fourth-order valence-corrected chi connectivity index (χ4v) is 1.68. The number of aromatic nitrogens is 1. The van der Waals surface area contributed by atoms with Gasteiger partial charge in [-0.3, -0.25) is 0 Å². The molecule has 0 spiro atoms. The molecule has 1 atom stereocenters. The van der Waals surface area contributed by atoms with Crippen LogP contribution >= 0.6 is 0 Å². The fraction of sp³-hybridized carbons (Fsp3) is 0.357. The van der Waals surface area contributed by atoms with Crippen LogP contribution in [0.4, 0.5) is 5.82 Å². The van der Waals surface area contributed by atoms with Gasteiger partial charge in [-0.15, -0.1) is 0 Å². The molecule has 0 aliphatic rings. The minimum atomic E-state index is -0.310. The van der Waals surface area contributed by atoms with Crippen molar-refractivity contribution in [1.82, 2.24) is 4.98 Å². The third-order valence-corrected chi connectivity index (χ3v) is 3.16. The Kier molecular flexibility index (Phi) is 3.29. The molecule has 1 aromatic carbocycles. The Morgan fingerprint density at radius 2 is 2.00 bits per heavy atom. The van der Waals surface area contributed by atoms with Crippen LogP contribution in [0.5, 0.6) is 0 Å². The first-order valence-corrected chi connectivity index (χ1v) is 5.92. The molecule has 1 heterocycles. The maximum atomic E-state index is 9.37. The zero-order chi connectivity index (χ0) is 12.3. The van der Waals surface area contributed by atoms with Gasteiger partial charge in [0.25, 0.3) is 0 Å². The third kappa shape index (κ3) is 2.56. The Morgan fingerprint density at radius 3 is 2.71 bits per heavy atom. The van der Waals surface area contributed by atoms with E-state index in [2.05, 4.69) is 10.3 Å². The average molecular weight is 230 g/mol. The average Bonchev–Trinajstić information content (AvgIpc) is 2.38. The molecule has 17 heavy (non-hydrogen) atoms. The van der Waals surface area contributed by atoms with Gasteiger partial charge in [0.1, 0.15) is 5.82 Å². The first kappa shape index (κ1) is 11.9. The molecule has 3 heteroatoms. The number of nitrogens with one attached hydrogen (secondary N) is 1. The summed E-state index contributed by atoms with van der Waals surface area (Å²) in [6.07, 6.45) is 0.845. The lowest BCUT2D eigenvalue weighted by Crippen LogP contribution is -2.38. The van der Waals surface area contributed by atoms with Crippen molar-refractivity contribution in [1.29, 1.82) is 0 Å². The second-order valence-corrected chi connectivity index (χ2v) is 4.59. The van der Waals surface area contributed by atoms with Crippen LogP contribution in [0.15, 0.2) is 36.4 Å². The zero-order valence-corrected chi connectivity index (χ0v) is 10.3. The third-order valence-electron chi connectivity index (χ3n) is 3.16. The van der Waals surface area contributed by atoms with Crippen molar-refractivity contribution in [3.05, 3.63) is 36.4 Å². The number of hydrogen-bond donors (Lipinski definition) is 2. The Balaban J connectivity index is 2.31. The number of aliphatic hydroxyl groups is 1. The molecule has 0 aliphatic carbocycles.